The number of fused-ring (bicyclic) bond motifs is 1. The summed E-state index contributed by atoms with van der Waals surface area (Å²) in [5, 5.41) is 2.49. The second-order valence-electron chi connectivity index (χ2n) is 3.08. The van der Waals surface area contributed by atoms with E-state index in [0.717, 1.165) is 5.75 Å². The lowest BCUT2D eigenvalue weighted by Gasteiger charge is -2.03. The fraction of sp³-hybridized carbons (Fsp3) is 0.167. The maximum atomic E-state index is 5.17. The van der Waals surface area contributed by atoms with Crippen LogP contribution in [0.4, 0.5) is 0 Å². The molecular weight excluding hydrogens is 192 g/mol. The molecule has 0 N–H and O–H groups in total. The number of hydrogen-bond donors (Lipinski definition) is 0. The lowest BCUT2D eigenvalue weighted by atomic mass is 10.1. The Balaban J connectivity index is 2.57. The quantitative estimate of drug-likeness (QED) is 0.692. The highest BCUT2D eigenvalue weighted by molar-refractivity contribution is 7.98. The second-order valence-corrected chi connectivity index (χ2v) is 3.96. The molecule has 0 saturated heterocycles. The van der Waals surface area contributed by atoms with E-state index in [2.05, 4.69) is 36.6 Å². The average molecular weight is 204 g/mol. The van der Waals surface area contributed by atoms with Gasteiger partial charge in [0.2, 0.25) is 0 Å². The van der Waals surface area contributed by atoms with Crippen molar-refractivity contribution in [3.63, 3.8) is 0 Å². The number of hydrogen-bond acceptors (Lipinski definition) is 2. The topological polar surface area (TPSA) is 9.23 Å². The molecule has 0 aliphatic heterocycles. The maximum absolute atomic E-state index is 5.17. The third-order valence-electron chi connectivity index (χ3n) is 2.25. The van der Waals surface area contributed by atoms with Crippen LogP contribution in [0.2, 0.25) is 0 Å². The minimum absolute atomic E-state index is 0.911. The summed E-state index contributed by atoms with van der Waals surface area (Å²) >= 11 is 1.76. The van der Waals surface area contributed by atoms with Gasteiger partial charge in [0.15, 0.2) is 0 Å². The fourth-order valence-corrected chi connectivity index (χ4v) is 1.90. The average Bonchev–Trinajstić information content (AvgIpc) is 2.27. The van der Waals surface area contributed by atoms with Crippen molar-refractivity contribution in [1.29, 1.82) is 0 Å². The highest BCUT2D eigenvalue weighted by Crippen LogP contribution is 2.25. The minimum Gasteiger partial charge on any atom is -0.497 e. The van der Waals surface area contributed by atoms with E-state index in [1.807, 2.05) is 6.07 Å². The molecule has 0 amide bonds. The van der Waals surface area contributed by atoms with Gasteiger partial charge in [0.25, 0.3) is 0 Å². The van der Waals surface area contributed by atoms with Crippen LogP contribution in [-0.4, -0.2) is 13.4 Å². The molecule has 0 atom stereocenters. The van der Waals surface area contributed by atoms with Gasteiger partial charge in [-0.05, 0) is 41.3 Å². The number of thioether (sulfide) groups is 1. The van der Waals surface area contributed by atoms with Crippen LogP contribution in [0.5, 0.6) is 5.75 Å². The summed E-state index contributed by atoms with van der Waals surface area (Å²) in [5.74, 6) is 0.911. The third kappa shape index (κ3) is 1.70. The van der Waals surface area contributed by atoms with Gasteiger partial charge < -0.3 is 4.74 Å². The van der Waals surface area contributed by atoms with Crippen molar-refractivity contribution in [2.75, 3.05) is 13.4 Å². The van der Waals surface area contributed by atoms with Gasteiger partial charge in [-0.15, -0.1) is 11.8 Å². The second kappa shape index (κ2) is 3.93. The number of benzene rings is 2. The summed E-state index contributed by atoms with van der Waals surface area (Å²) in [6.45, 7) is 0. The molecule has 0 aliphatic rings. The largest absolute Gasteiger partial charge is 0.497 e. The Hall–Kier alpha value is -1.15. The smallest absolute Gasteiger partial charge is 0.119 e. The van der Waals surface area contributed by atoms with Gasteiger partial charge in [-0.2, -0.15) is 0 Å². The normalized spacial score (nSPS) is 10.4. The molecule has 0 aromatic heterocycles. The van der Waals surface area contributed by atoms with E-state index in [4.69, 9.17) is 4.74 Å². The van der Waals surface area contributed by atoms with E-state index in [1.54, 1.807) is 18.9 Å². The summed E-state index contributed by atoms with van der Waals surface area (Å²) in [7, 11) is 1.69. The van der Waals surface area contributed by atoms with Crippen molar-refractivity contribution < 1.29 is 4.74 Å². The van der Waals surface area contributed by atoms with E-state index in [-0.39, 0.29) is 0 Å². The van der Waals surface area contributed by atoms with Crippen LogP contribution in [0.1, 0.15) is 0 Å². The van der Waals surface area contributed by atoms with Crippen LogP contribution in [0, 0.1) is 0 Å². The van der Waals surface area contributed by atoms with Crippen molar-refractivity contribution in [3.8, 4) is 5.75 Å². The molecule has 2 aromatic carbocycles. The molecule has 0 spiro atoms. The van der Waals surface area contributed by atoms with Gasteiger partial charge in [0.05, 0.1) is 7.11 Å². The first-order chi connectivity index (χ1) is 6.83. The van der Waals surface area contributed by atoms with E-state index >= 15 is 0 Å². The van der Waals surface area contributed by atoms with Crippen LogP contribution in [0.3, 0.4) is 0 Å². The third-order valence-corrected chi connectivity index (χ3v) is 2.98. The Kier molecular flexibility index (Phi) is 2.64. The lowest BCUT2D eigenvalue weighted by molar-refractivity contribution is 0.415. The summed E-state index contributed by atoms with van der Waals surface area (Å²) < 4.78 is 5.17. The Bertz CT molecular complexity index is 408. The first kappa shape index (κ1) is 9.41. The fourth-order valence-electron chi connectivity index (χ4n) is 1.46. The standard InChI is InChI=1S/C12H12OS/c1-13-11-5-3-10-8-12(14-2)6-4-9(10)7-11/h3-8H,1-2H3. The summed E-state index contributed by atoms with van der Waals surface area (Å²) in [4.78, 5) is 1.29. The van der Waals surface area contributed by atoms with E-state index in [9.17, 15) is 0 Å². The monoisotopic (exact) mass is 204 g/mol. The predicted octanol–water partition coefficient (Wildman–Crippen LogP) is 3.57. The number of ether oxygens (including phenoxy) is 1. The van der Waals surface area contributed by atoms with Gasteiger partial charge in [0.1, 0.15) is 5.75 Å². The van der Waals surface area contributed by atoms with Crippen molar-refractivity contribution in [3.05, 3.63) is 36.4 Å². The minimum atomic E-state index is 0.911. The lowest BCUT2D eigenvalue weighted by Crippen LogP contribution is -1.82. The van der Waals surface area contributed by atoms with Crippen molar-refractivity contribution in [2.24, 2.45) is 0 Å². The summed E-state index contributed by atoms with van der Waals surface area (Å²) in [5.41, 5.74) is 0. The first-order valence-electron chi connectivity index (χ1n) is 4.45. The molecule has 2 aromatic rings. The molecule has 2 rings (SSSR count). The highest BCUT2D eigenvalue weighted by atomic mass is 32.2. The number of rotatable bonds is 2. The molecule has 0 bridgehead atoms. The number of methoxy groups -OCH3 is 1. The molecule has 0 aliphatic carbocycles. The predicted molar refractivity (Wildman–Crippen MR) is 62.3 cm³/mol. The summed E-state index contributed by atoms with van der Waals surface area (Å²) in [6.07, 6.45) is 2.09. The van der Waals surface area contributed by atoms with Crippen LogP contribution >= 0.6 is 11.8 Å². The van der Waals surface area contributed by atoms with Crippen molar-refractivity contribution in [2.45, 2.75) is 4.90 Å². The Morgan fingerprint density at radius 1 is 1.00 bits per heavy atom. The Morgan fingerprint density at radius 2 is 1.71 bits per heavy atom. The molecule has 2 heteroatoms. The van der Waals surface area contributed by atoms with Crippen LogP contribution in [0.25, 0.3) is 10.8 Å². The van der Waals surface area contributed by atoms with Gasteiger partial charge in [-0.3, -0.25) is 0 Å². The van der Waals surface area contributed by atoms with Gasteiger partial charge >= 0.3 is 0 Å². The molecule has 0 radical (unpaired) electrons. The van der Waals surface area contributed by atoms with Crippen LogP contribution < -0.4 is 4.74 Å². The zero-order valence-electron chi connectivity index (χ0n) is 8.28. The van der Waals surface area contributed by atoms with Crippen LogP contribution in [0.15, 0.2) is 41.3 Å². The molecule has 72 valence electrons. The van der Waals surface area contributed by atoms with E-state index in [1.165, 1.54) is 15.7 Å². The van der Waals surface area contributed by atoms with Crippen LogP contribution in [-0.2, 0) is 0 Å². The molecule has 14 heavy (non-hydrogen) atoms. The highest BCUT2D eigenvalue weighted by Gasteiger charge is 1.97. The van der Waals surface area contributed by atoms with Crippen molar-refractivity contribution >= 4 is 22.5 Å². The Labute approximate surface area is 88.1 Å². The SMILES string of the molecule is COc1ccc2cc(SC)ccc2c1. The van der Waals surface area contributed by atoms with Gasteiger partial charge in [0, 0.05) is 4.90 Å². The van der Waals surface area contributed by atoms with Gasteiger partial charge in [-0.25, -0.2) is 0 Å². The Morgan fingerprint density at radius 3 is 2.43 bits per heavy atom. The van der Waals surface area contributed by atoms with E-state index in [0.29, 0.717) is 0 Å². The molecule has 0 unspecified atom stereocenters. The molecule has 0 heterocycles. The maximum Gasteiger partial charge on any atom is 0.119 e. The summed E-state index contributed by atoms with van der Waals surface area (Å²) in [6, 6.07) is 12.6. The first-order valence-corrected chi connectivity index (χ1v) is 5.68. The molecule has 0 saturated carbocycles. The molecule has 1 nitrogen and oxygen atoms in total. The van der Waals surface area contributed by atoms with E-state index < -0.39 is 0 Å². The van der Waals surface area contributed by atoms with Crippen molar-refractivity contribution in [1.82, 2.24) is 0 Å². The van der Waals surface area contributed by atoms with Gasteiger partial charge in [-0.1, -0.05) is 12.1 Å². The molecular formula is C12H12OS. The zero-order chi connectivity index (χ0) is 9.97. The molecule has 0 fully saturated rings. The zero-order valence-corrected chi connectivity index (χ0v) is 9.10.